The summed E-state index contributed by atoms with van der Waals surface area (Å²) < 4.78 is 5.76. The van der Waals surface area contributed by atoms with E-state index in [0.717, 1.165) is 18.4 Å². The molecule has 0 unspecified atom stereocenters. The van der Waals surface area contributed by atoms with Gasteiger partial charge in [-0.2, -0.15) is 5.26 Å². The summed E-state index contributed by atoms with van der Waals surface area (Å²) in [6.07, 6.45) is 1.95. The number of hydrogen-bond donors (Lipinski definition) is 1. The molecule has 0 radical (unpaired) electrons. The van der Waals surface area contributed by atoms with E-state index >= 15 is 0 Å². The summed E-state index contributed by atoms with van der Waals surface area (Å²) in [5.41, 5.74) is 2.59. The van der Waals surface area contributed by atoms with E-state index in [2.05, 4.69) is 11.4 Å². The number of carbonyl (C=O) groups excluding carboxylic acids is 2. The second-order valence-electron chi connectivity index (χ2n) is 7.73. The first-order valence-corrected chi connectivity index (χ1v) is 11.0. The van der Waals surface area contributed by atoms with Crippen molar-refractivity contribution in [2.45, 2.75) is 19.4 Å². The van der Waals surface area contributed by atoms with E-state index in [1.54, 1.807) is 59.5 Å². The first-order chi connectivity index (χ1) is 16.0. The molecule has 1 fully saturated rings. The lowest BCUT2D eigenvalue weighted by atomic mass is 10.1. The topological polar surface area (TPSA) is 82.4 Å². The van der Waals surface area contributed by atoms with Crippen molar-refractivity contribution in [1.29, 1.82) is 5.26 Å². The van der Waals surface area contributed by atoms with Gasteiger partial charge in [-0.15, -0.1) is 0 Å². The number of nitrogens with one attached hydrogen (secondary N) is 1. The van der Waals surface area contributed by atoms with E-state index in [9.17, 15) is 14.9 Å². The number of likely N-dealkylation sites (tertiary alicyclic amines) is 1. The molecule has 1 heterocycles. The zero-order chi connectivity index (χ0) is 23.2. The van der Waals surface area contributed by atoms with Crippen molar-refractivity contribution < 1.29 is 14.3 Å². The number of hydrogen-bond acceptors (Lipinski definition) is 4. The molecule has 6 nitrogen and oxygen atoms in total. The molecule has 1 saturated heterocycles. The highest BCUT2D eigenvalue weighted by atomic mass is 35.5. The highest BCUT2D eigenvalue weighted by Gasteiger charge is 2.23. The van der Waals surface area contributed by atoms with Gasteiger partial charge in [0.05, 0.1) is 22.9 Å². The van der Waals surface area contributed by atoms with Crippen molar-refractivity contribution in [2.75, 3.05) is 18.4 Å². The van der Waals surface area contributed by atoms with E-state index < -0.39 is 0 Å². The van der Waals surface area contributed by atoms with Crippen LogP contribution in [-0.2, 0) is 6.61 Å². The van der Waals surface area contributed by atoms with Crippen molar-refractivity contribution in [3.05, 3.63) is 94.0 Å². The Kier molecular flexibility index (Phi) is 6.92. The normalized spacial score (nSPS) is 12.8. The standard InChI is InChI=1S/C26H22ClN3O3/c27-21-9-12-24(23(15-21)26(32)30-13-3-4-14-30)29-25(31)18-7-10-22(11-8-18)33-17-20-6-2-1-5-19(20)16-28/h1-2,5-12,15H,3-4,13-14,17H2,(H,29,31). The molecule has 3 aromatic carbocycles. The van der Waals surface area contributed by atoms with Crippen molar-refractivity contribution >= 4 is 29.1 Å². The molecule has 0 spiro atoms. The molecule has 3 aromatic rings. The van der Waals surface area contributed by atoms with E-state index in [1.165, 1.54) is 0 Å². The maximum Gasteiger partial charge on any atom is 0.256 e. The predicted octanol–water partition coefficient (Wildman–Crippen LogP) is 5.28. The van der Waals surface area contributed by atoms with Gasteiger partial charge in [-0.05, 0) is 61.4 Å². The van der Waals surface area contributed by atoms with Crippen molar-refractivity contribution in [3.63, 3.8) is 0 Å². The number of amides is 2. The van der Waals surface area contributed by atoms with Gasteiger partial charge in [0.2, 0.25) is 0 Å². The first-order valence-electron chi connectivity index (χ1n) is 10.7. The van der Waals surface area contributed by atoms with Crippen LogP contribution in [0.2, 0.25) is 5.02 Å². The Morgan fingerprint density at radius 1 is 1.03 bits per heavy atom. The van der Waals surface area contributed by atoms with Crippen molar-refractivity contribution in [1.82, 2.24) is 4.90 Å². The molecule has 1 aliphatic heterocycles. The second-order valence-corrected chi connectivity index (χ2v) is 8.16. The van der Waals surface area contributed by atoms with E-state index in [1.807, 2.05) is 12.1 Å². The molecule has 1 N–H and O–H groups in total. The van der Waals surface area contributed by atoms with Crippen LogP contribution in [0.15, 0.2) is 66.7 Å². The fourth-order valence-corrected chi connectivity index (χ4v) is 3.88. The lowest BCUT2D eigenvalue weighted by Gasteiger charge is -2.18. The molecule has 0 atom stereocenters. The smallest absolute Gasteiger partial charge is 0.256 e. The third-order valence-corrected chi connectivity index (χ3v) is 5.74. The van der Waals surface area contributed by atoms with Crippen LogP contribution < -0.4 is 10.1 Å². The minimum Gasteiger partial charge on any atom is -0.489 e. The van der Waals surface area contributed by atoms with Gasteiger partial charge in [0.25, 0.3) is 11.8 Å². The number of benzene rings is 3. The highest BCUT2D eigenvalue weighted by Crippen LogP contribution is 2.25. The average Bonchev–Trinajstić information content (AvgIpc) is 3.39. The van der Waals surface area contributed by atoms with Gasteiger partial charge in [-0.3, -0.25) is 9.59 Å². The molecule has 1 aliphatic rings. The van der Waals surface area contributed by atoms with Crippen molar-refractivity contribution in [2.24, 2.45) is 0 Å². The molecule has 2 amide bonds. The van der Waals surface area contributed by atoms with E-state index in [4.69, 9.17) is 16.3 Å². The molecule has 7 heteroatoms. The SMILES string of the molecule is N#Cc1ccccc1COc1ccc(C(=O)Nc2ccc(Cl)cc2C(=O)N2CCCC2)cc1. The molecular weight excluding hydrogens is 438 g/mol. The zero-order valence-corrected chi connectivity index (χ0v) is 18.6. The Labute approximate surface area is 197 Å². The third kappa shape index (κ3) is 5.33. The quantitative estimate of drug-likeness (QED) is 0.543. The van der Waals surface area contributed by atoms with Gasteiger partial charge in [0.1, 0.15) is 12.4 Å². The van der Waals surface area contributed by atoms with Gasteiger partial charge in [0.15, 0.2) is 0 Å². The van der Waals surface area contributed by atoms with E-state index in [-0.39, 0.29) is 18.4 Å². The van der Waals surface area contributed by atoms with Crippen LogP contribution in [0.1, 0.15) is 44.7 Å². The maximum absolute atomic E-state index is 12.9. The van der Waals surface area contributed by atoms with Gasteiger partial charge in [-0.1, -0.05) is 29.8 Å². The number of nitriles is 1. The fourth-order valence-electron chi connectivity index (χ4n) is 3.71. The lowest BCUT2D eigenvalue weighted by Crippen LogP contribution is -2.28. The maximum atomic E-state index is 12.9. The van der Waals surface area contributed by atoms with Gasteiger partial charge in [0, 0.05) is 29.2 Å². The molecule has 0 aromatic heterocycles. The fraction of sp³-hybridized carbons (Fsp3) is 0.192. The van der Waals surface area contributed by atoms with Gasteiger partial charge < -0.3 is 15.0 Å². The number of nitrogens with zero attached hydrogens (tertiary/aromatic N) is 2. The summed E-state index contributed by atoms with van der Waals surface area (Å²) in [6, 6.07) is 21.0. The molecule has 0 bridgehead atoms. The molecule has 4 rings (SSSR count). The molecule has 166 valence electrons. The molecule has 33 heavy (non-hydrogen) atoms. The monoisotopic (exact) mass is 459 g/mol. The van der Waals surface area contributed by atoms with Crippen LogP contribution in [0.25, 0.3) is 0 Å². The summed E-state index contributed by atoms with van der Waals surface area (Å²) in [4.78, 5) is 27.5. The first kappa shape index (κ1) is 22.4. The summed E-state index contributed by atoms with van der Waals surface area (Å²) in [5, 5.41) is 12.5. The number of ether oxygens (including phenoxy) is 1. The van der Waals surface area contributed by atoms with Crippen LogP contribution in [0.3, 0.4) is 0 Å². The number of anilines is 1. The summed E-state index contributed by atoms with van der Waals surface area (Å²) in [5.74, 6) is 0.108. The Balaban J connectivity index is 1.44. The Morgan fingerprint density at radius 2 is 1.76 bits per heavy atom. The van der Waals surface area contributed by atoms with Crippen molar-refractivity contribution in [3.8, 4) is 11.8 Å². The Hall–Kier alpha value is -3.82. The summed E-state index contributed by atoms with van der Waals surface area (Å²) in [6.45, 7) is 1.67. The minimum atomic E-state index is -0.339. The van der Waals surface area contributed by atoms with Crippen LogP contribution in [0, 0.1) is 11.3 Å². The van der Waals surface area contributed by atoms with Gasteiger partial charge in [-0.25, -0.2) is 0 Å². The summed E-state index contributed by atoms with van der Waals surface area (Å²) >= 11 is 6.12. The molecule has 0 saturated carbocycles. The van der Waals surface area contributed by atoms with Crippen LogP contribution in [-0.4, -0.2) is 29.8 Å². The number of carbonyl (C=O) groups is 2. The number of rotatable bonds is 6. The highest BCUT2D eigenvalue weighted by molar-refractivity contribution is 6.31. The van der Waals surface area contributed by atoms with E-state index in [0.29, 0.717) is 46.2 Å². The lowest BCUT2D eigenvalue weighted by molar-refractivity contribution is 0.0794. The van der Waals surface area contributed by atoms with Crippen LogP contribution in [0.4, 0.5) is 5.69 Å². The van der Waals surface area contributed by atoms with Gasteiger partial charge >= 0.3 is 0 Å². The second kappa shape index (κ2) is 10.2. The summed E-state index contributed by atoms with van der Waals surface area (Å²) in [7, 11) is 0. The minimum absolute atomic E-state index is 0.133. The Morgan fingerprint density at radius 3 is 2.48 bits per heavy atom. The predicted molar refractivity (Wildman–Crippen MR) is 126 cm³/mol. The molecule has 0 aliphatic carbocycles. The van der Waals surface area contributed by atoms with Crippen LogP contribution >= 0.6 is 11.6 Å². The van der Waals surface area contributed by atoms with Crippen LogP contribution in [0.5, 0.6) is 5.75 Å². The largest absolute Gasteiger partial charge is 0.489 e. The molecular formula is C26H22ClN3O3. The zero-order valence-electron chi connectivity index (χ0n) is 17.9. The number of halogens is 1. The Bertz CT molecular complexity index is 1210. The third-order valence-electron chi connectivity index (χ3n) is 5.50. The average molecular weight is 460 g/mol.